The van der Waals surface area contributed by atoms with Crippen molar-refractivity contribution in [1.29, 1.82) is 0 Å². The average molecular weight is 1000 g/mol. The van der Waals surface area contributed by atoms with Crippen LogP contribution >= 0.6 is 15.6 Å². The van der Waals surface area contributed by atoms with Crippen molar-refractivity contribution in [3.05, 3.63) is 85.1 Å². The molecule has 2 aliphatic rings. The molecular weight excluding hydrogens is 922 g/mol. The maximum absolute atomic E-state index is 13.0. The normalized spacial score (nSPS) is 25.0. The average Bonchev–Trinajstić information content (AvgIpc) is 4.05. The molecule has 68 heavy (non-hydrogen) atoms. The van der Waals surface area contributed by atoms with Crippen molar-refractivity contribution in [2.24, 2.45) is 0 Å². The summed E-state index contributed by atoms with van der Waals surface area (Å²) in [6.45, 7) is 2.88. The second-order valence-corrected chi connectivity index (χ2v) is 19.4. The van der Waals surface area contributed by atoms with Gasteiger partial charge in [-0.15, -0.1) is 0 Å². The van der Waals surface area contributed by atoms with E-state index in [2.05, 4.69) is 91.3 Å². The van der Waals surface area contributed by atoms with Gasteiger partial charge in [-0.2, -0.15) is 0 Å². The molecule has 2 rings (SSSR count). The fourth-order valence-electron chi connectivity index (χ4n) is 6.99. The molecule has 0 radical (unpaired) electrons. The van der Waals surface area contributed by atoms with E-state index in [9.17, 15) is 53.8 Å². The number of carbonyl (C=O) groups is 2. The molecule has 1 aliphatic carbocycles. The number of allylic oxidation sites excluding steroid dienone is 12. The van der Waals surface area contributed by atoms with Gasteiger partial charge in [-0.1, -0.05) is 125 Å². The quantitative estimate of drug-likeness (QED) is 0.0101. The van der Waals surface area contributed by atoms with Crippen molar-refractivity contribution in [3.63, 3.8) is 0 Å². The lowest BCUT2D eigenvalue weighted by Gasteiger charge is -2.43. The monoisotopic (exact) mass is 1000 g/mol. The molecule has 0 bridgehead atoms. The predicted octanol–water partition coefficient (Wildman–Crippen LogP) is 8.38. The lowest BCUT2D eigenvalue weighted by Crippen LogP contribution is -2.64. The fraction of sp³-hybridized carbons (Fsp3) is 0.673. The molecule has 2 fully saturated rings. The largest absolute Gasteiger partial charge is 0.472 e. The number of hydrogen-bond donors (Lipinski definition) is 7. The number of rotatable bonds is 38. The van der Waals surface area contributed by atoms with Gasteiger partial charge in [-0.05, 0) is 89.9 Å². The molecule has 0 aromatic rings. The number of hydrogen-bond acceptors (Lipinski definition) is 14. The lowest BCUT2D eigenvalue weighted by molar-refractivity contribution is -0.216. The first-order valence-electron chi connectivity index (χ1n) is 24.3. The molecular formula is C49H80O17P2. The van der Waals surface area contributed by atoms with E-state index in [0.717, 1.165) is 77.0 Å². The van der Waals surface area contributed by atoms with E-state index in [0.29, 0.717) is 25.4 Å². The van der Waals surface area contributed by atoms with Crippen LogP contribution in [0.1, 0.15) is 142 Å². The van der Waals surface area contributed by atoms with Crippen LogP contribution in [0.5, 0.6) is 0 Å². The summed E-state index contributed by atoms with van der Waals surface area (Å²) in [6.07, 6.45) is 31.4. The number of esters is 2. The van der Waals surface area contributed by atoms with Gasteiger partial charge in [-0.25, -0.2) is 9.13 Å². The standard InChI is InChI=1S/C49H80O17P2/c1-3-5-7-9-11-12-13-14-15-16-17-18-19-20-23-28-32-36-43(51)63-39(38-62-68(59,60)66-49-46(54)44(52)45(53)48(47(49)55)65-67(56,57)58)37-61-42(50)35-31-27-24-21-22-26-30-34-41-40(64-41)33-29-25-10-8-6-4-2/h5,7,11-12,14-15,17-18,21,24-26,29-30,39-41,44-49,52-55H,3-4,6,8-10,13,16,19-20,22-23,27-28,31-38H2,1-2H3,(H,59,60)(H2,56,57,58)/b7-5-,12-11-,15-14-,18-17-,24-21-,29-25-,30-26-/t39-,40?,41?,44?,45?,46?,47?,48-,49+/m1/s1. The first kappa shape index (κ1) is 61.3. The van der Waals surface area contributed by atoms with Crippen molar-refractivity contribution in [3.8, 4) is 0 Å². The first-order valence-corrected chi connectivity index (χ1v) is 27.3. The summed E-state index contributed by atoms with van der Waals surface area (Å²) in [5.74, 6) is -1.31. The predicted molar refractivity (Wildman–Crippen MR) is 259 cm³/mol. The van der Waals surface area contributed by atoms with Crippen LogP contribution in [-0.2, 0) is 46.5 Å². The van der Waals surface area contributed by atoms with Gasteiger partial charge in [0, 0.05) is 12.8 Å². The summed E-state index contributed by atoms with van der Waals surface area (Å²) in [4.78, 5) is 54.3. The Hall–Kier alpha value is -2.86. The van der Waals surface area contributed by atoms with Crippen LogP contribution in [0.25, 0.3) is 0 Å². The van der Waals surface area contributed by atoms with Crippen LogP contribution in [0.4, 0.5) is 0 Å². The topological polar surface area (TPSA) is 269 Å². The molecule has 0 aromatic carbocycles. The highest BCUT2D eigenvalue weighted by Gasteiger charge is 2.54. The maximum Gasteiger partial charge on any atom is 0.472 e. The molecule has 10 atom stereocenters. The van der Waals surface area contributed by atoms with Crippen LogP contribution in [-0.4, -0.2) is 115 Å². The summed E-state index contributed by atoms with van der Waals surface area (Å²) < 4.78 is 55.1. The Labute approximate surface area is 403 Å². The number of unbranched alkanes of at least 4 members (excludes halogenated alkanes) is 8. The highest BCUT2D eigenvalue weighted by atomic mass is 31.2. The molecule has 7 N–H and O–H groups in total. The fourth-order valence-corrected chi connectivity index (χ4v) is 8.53. The Balaban J connectivity index is 1.82. The number of phosphoric acid groups is 2. The Bertz CT molecular complexity index is 1700. The van der Waals surface area contributed by atoms with Gasteiger partial charge in [-0.3, -0.25) is 23.2 Å². The van der Waals surface area contributed by atoms with Crippen LogP contribution in [0.2, 0.25) is 0 Å². The first-order chi connectivity index (χ1) is 32.6. The van der Waals surface area contributed by atoms with E-state index in [1.54, 1.807) is 0 Å². The molecule has 1 saturated carbocycles. The van der Waals surface area contributed by atoms with E-state index in [4.69, 9.17) is 23.3 Å². The molecule has 0 spiro atoms. The smallest absolute Gasteiger partial charge is 0.462 e. The number of ether oxygens (including phenoxy) is 3. The zero-order chi connectivity index (χ0) is 50.0. The van der Waals surface area contributed by atoms with Gasteiger partial charge >= 0.3 is 27.6 Å². The maximum atomic E-state index is 13.0. The summed E-state index contributed by atoms with van der Waals surface area (Å²) in [5, 5.41) is 41.3. The third-order valence-corrected chi connectivity index (χ3v) is 12.4. The number of aliphatic hydroxyl groups is 4. The Kier molecular flexibility index (Phi) is 32.5. The molecule has 0 aromatic heterocycles. The molecule has 17 nitrogen and oxygen atoms in total. The highest BCUT2D eigenvalue weighted by molar-refractivity contribution is 7.47. The third kappa shape index (κ3) is 29.4. The molecule has 388 valence electrons. The van der Waals surface area contributed by atoms with E-state index < -0.39 is 83.5 Å². The number of epoxide rings is 1. The summed E-state index contributed by atoms with van der Waals surface area (Å²) >= 11 is 0. The summed E-state index contributed by atoms with van der Waals surface area (Å²) in [5.41, 5.74) is 0. The SMILES string of the molecule is CC/C=C\C/C=C\C/C=C\C/C=C\CCCCCCC(=O)O[C@H](COC(=O)CCC/C=C\C/C=C\CC1OC1C/C=C\CCCCC)COP(=O)(O)O[C@H]1C(O)C(O)C(O)[C@@H](OP(=O)(O)O)C1O. The van der Waals surface area contributed by atoms with Crippen LogP contribution < -0.4 is 0 Å². The Morgan fingerprint density at radius 3 is 1.62 bits per heavy atom. The van der Waals surface area contributed by atoms with E-state index in [1.807, 2.05) is 12.2 Å². The van der Waals surface area contributed by atoms with Crippen LogP contribution in [0.3, 0.4) is 0 Å². The molecule has 1 aliphatic heterocycles. The van der Waals surface area contributed by atoms with E-state index in [-0.39, 0.29) is 18.9 Å². The van der Waals surface area contributed by atoms with Crippen molar-refractivity contribution < 1.29 is 81.6 Å². The number of aliphatic hydroxyl groups excluding tert-OH is 4. The van der Waals surface area contributed by atoms with Gasteiger partial charge < -0.3 is 49.3 Å². The number of carbonyl (C=O) groups excluding carboxylic acids is 2. The van der Waals surface area contributed by atoms with Crippen molar-refractivity contribution in [2.45, 2.75) is 197 Å². The Morgan fingerprint density at radius 1 is 0.544 bits per heavy atom. The molecule has 0 amide bonds. The third-order valence-electron chi connectivity index (χ3n) is 10.9. The highest BCUT2D eigenvalue weighted by Crippen LogP contribution is 2.49. The minimum Gasteiger partial charge on any atom is -0.462 e. The van der Waals surface area contributed by atoms with E-state index in [1.165, 1.54) is 19.3 Å². The molecule has 19 heteroatoms. The lowest BCUT2D eigenvalue weighted by atomic mass is 9.85. The van der Waals surface area contributed by atoms with Crippen molar-refractivity contribution in [2.75, 3.05) is 13.2 Å². The summed E-state index contributed by atoms with van der Waals surface area (Å²) in [6, 6.07) is 0. The van der Waals surface area contributed by atoms with Gasteiger partial charge in [0.05, 0.1) is 18.8 Å². The van der Waals surface area contributed by atoms with Crippen molar-refractivity contribution >= 4 is 27.6 Å². The minimum absolute atomic E-state index is 0.00338. The minimum atomic E-state index is -5.38. The second kappa shape index (κ2) is 36.1. The van der Waals surface area contributed by atoms with Gasteiger partial charge in [0.1, 0.15) is 43.2 Å². The van der Waals surface area contributed by atoms with Crippen molar-refractivity contribution in [1.82, 2.24) is 0 Å². The number of phosphoric ester groups is 2. The molecule has 7 unspecified atom stereocenters. The Morgan fingerprint density at radius 2 is 1.03 bits per heavy atom. The molecule has 1 heterocycles. The van der Waals surface area contributed by atoms with Crippen LogP contribution in [0.15, 0.2) is 85.1 Å². The summed E-state index contributed by atoms with van der Waals surface area (Å²) in [7, 11) is -10.7. The zero-order valence-electron chi connectivity index (χ0n) is 39.9. The van der Waals surface area contributed by atoms with Gasteiger partial charge in [0.15, 0.2) is 6.10 Å². The second-order valence-electron chi connectivity index (χ2n) is 16.8. The molecule has 1 saturated heterocycles. The van der Waals surface area contributed by atoms with Gasteiger partial charge in [0.2, 0.25) is 0 Å². The van der Waals surface area contributed by atoms with Gasteiger partial charge in [0.25, 0.3) is 0 Å². The zero-order valence-corrected chi connectivity index (χ0v) is 41.7. The van der Waals surface area contributed by atoms with E-state index >= 15 is 0 Å². The van der Waals surface area contributed by atoms with Crippen LogP contribution in [0, 0.1) is 0 Å².